The predicted molar refractivity (Wildman–Crippen MR) is 316 cm³/mol. The fraction of sp³-hybridized carbons (Fsp3) is 0.791. The lowest BCUT2D eigenvalue weighted by atomic mass is 10.0. The van der Waals surface area contributed by atoms with Gasteiger partial charge in [-0.25, -0.2) is 0 Å². The van der Waals surface area contributed by atoms with Crippen molar-refractivity contribution in [3.05, 3.63) is 72.9 Å². The van der Waals surface area contributed by atoms with Gasteiger partial charge in [-0.2, -0.15) is 0 Å². The summed E-state index contributed by atoms with van der Waals surface area (Å²) >= 11 is 0. The minimum atomic E-state index is -0.552. The van der Waals surface area contributed by atoms with Crippen molar-refractivity contribution in [2.75, 3.05) is 19.8 Å². The van der Waals surface area contributed by atoms with Gasteiger partial charge in [-0.05, 0) is 89.9 Å². The van der Waals surface area contributed by atoms with Crippen molar-refractivity contribution in [1.29, 1.82) is 0 Å². The van der Waals surface area contributed by atoms with E-state index in [2.05, 4.69) is 93.7 Å². The predicted octanol–water partition coefficient (Wildman–Crippen LogP) is 21.8. The summed E-state index contributed by atoms with van der Waals surface area (Å²) in [5.41, 5.74) is 0. The van der Waals surface area contributed by atoms with Gasteiger partial charge in [0.05, 0.1) is 6.61 Å². The van der Waals surface area contributed by atoms with Crippen LogP contribution in [-0.4, -0.2) is 37.9 Å². The summed E-state index contributed by atoms with van der Waals surface area (Å²) in [4.78, 5) is 25.6. The Morgan fingerprint density at radius 3 is 1.03 bits per heavy atom. The van der Waals surface area contributed by atoms with Crippen LogP contribution >= 0.6 is 0 Å². The standard InChI is InChI=1S/C67H120O5/c1-4-7-10-13-16-19-22-25-28-31-33-34-36-38-40-43-46-49-52-55-58-61-67(69)72-65(63-70-62-59-56-53-50-47-44-41-30-27-24-21-18-15-12-9-6-3)64-71-66(68)60-57-54-51-48-45-42-39-37-35-32-29-26-23-20-17-14-11-8-5-2/h8,11,17,20,25-26,28-29,35,37,42,45,65H,4-7,9-10,12-16,18-19,21-24,27,30-34,36,38-41,43-44,46-64H2,1-3H3/b11-8-,20-17-,28-25-,29-26-,37-35-,45-42-/t65-/m1/s1. The minimum Gasteiger partial charge on any atom is -0.462 e. The van der Waals surface area contributed by atoms with Crippen LogP contribution in [0.25, 0.3) is 0 Å². The lowest BCUT2D eigenvalue weighted by Gasteiger charge is -2.18. The molecule has 5 heteroatoms. The zero-order valence-electron chi connectivity index (χ0n) is 48.2. The molecule has 0 bridgehead atoms. The maximum Gasteiger partial charge on any atom is 0.306 e. The van der Waals surface area contributed by atoms with Crippen molar-refractivity contribution in [3.8, 4) is 0 Å². The number of hydrogen-bond donors (Lipinski definition) is 0. The molecule has 0 saturated heterocycles. The number of carbonyl (C=O) groups excluding carboxylic acids is 2. The summed E-state index contributed by atoms with van der Waals surface area (Å²) in [6.45, 7) is 7.73. The Bertz CT molecular complexity index is 1270. The van der Waals surface area contributed by atoms with Crippen LogP contribution in [0.5, 0.6) is 0 Å². The summed E-state index contributed by atoms with van der Waals surface area (Å²) < 4.78 is 17.5. The van der Waals surface area contributed by atoms with Gasteiger partial charge in [0.25, 0.3) is 0 Å². The molecular formula is C67H120O5. The molecule has 0 aromatic rings. The third kappa shape index (κ3) is 59.9. The second-order valence-electron chi connectivity index (χ2n) is 20.9. The molecule has 0 saturated carbocycles. The molecule has 5 nitrogen and oxygen atoms in total. The van der Waals surface area contributed by atoms with Gasteiger partial charge in [0.15, 0.2) is 6.10 Å². The third-order valence-electron chi connectivity index (χ3n) is 13.7. The SMILES string of the molecule is CC/C=C\C/C=C\C/C=C\C/C=C\C/C=C\CCCCCC(=O)OC[C@@H](COCCCCCCCCCCCCCCCCCC)OC(=O)CCCCCCCCCCCCC/C=C\CCCCCCCC. The molecular weight excluding hydrogens is 885 g/mol. The Kier molecular flexibility index (Phi) is 60.3. The second-order valence-corrected chi connectivity index (χ2v) is 20.9. The summed E-state index contributed by atoms with van der Waals surface area (Å²) in [7, 11) is 0. The molecule has 0 radical (unpaired) electrons. The third-order valence-corrected chi connectivity index (χ3v) is 13.7. The van der Waals surface area contributed by atoms with Crippen LogP contribution in [0.15, 0.2) is 72.9 Å². The Balaban J connectivity index is 4.30. The highest BCUT2D eigenvalue weighted by atomic mass is 16.6. The lowest BCUT2D eigenvalue weighted by Crippen LogP contribution is -2.30. The molecule has 0 aliphatic rings. The van der Waals surface area contributed by atoms with Gasteiger partial charge in [0, 0.05) is 19.4 Å². The Morgan fingerprint density at radius 1 is 0.319 bits per heavy atom. The number of esters is 2. The van der Waals surface area contributed by atoms with Gasteiger partial charge in [0.1, 0.15) is 6.61 Å². The van der Waals surface area contributed by atoms with E-state index in [1.807, 2.05) is 0 Å². The molecule has 0 fully saturated rings. The van der Waals surface area contributed by atoms with Crippen molar-refractivity contribution < 1.29 is 23.8 Å². The number of rotatable bonds is 58. The van der Waals surface area contributed by atoms with E-state index in [4.69, 9.17) is 14.2 Å². The van der Waals surface area contributed by atoms with E-state index in [1.54, 1.807) is 0 Å². The largest absolute Gasteiger partial charge is 0.462 e. The van der Waals surface area contributed by atoms with Crippen LogP contribution in [0.1, 0.15) is 316 Å². The van der Waals surface area contributed by atoms with Crippen molar-refractivity contribution in [2.45, 2.75) is 322 Å². The smallest absolute Gasteiger partial charge is 0.306 e. The highest BCUT2D eigenvalue weighted by Gasteiger charge is 2.17. The fourth-order valence-corrected chi connectivity index (χ4v) is 9.06. The summed E-state index contributed by atoms with van der Waals surface area (Å²) in [6.07, 6.45) is 82.2. The number of hydrogen-bond acceptors (Lipinski definition) is 5. The lowest BCUT2D eigenvalue weighted by molar-refractivity contribution is -0.163. The highest BCUT2D eigenvalue weighted by Crippen LogP contribution is 2.16. The zero-order chi connectivity index (χ0) is 52.0. The molecule has 0 spiro atoms. The van der Waals surface area contributed by atoms with Gasteiger partial charge >= 0.3 is 11.9 Å². The molecule has 1 atom stereocenters. The van der Waals surface area contributed by atoms with Crippen LogP contribution in [-0.2, 0) is 23.8 Å². The summed E-state index contributed by atoms with van der Waals surface area (Å²) in [5, 5.41) is 0. The molecule has 0 rings (SSSR count). The first-order chi connectivity index (χ1) is 35.6. The first kappa shape index (κ1) is 69.3. The molecule has 0 aliphatic heterocycles. The van der Waals surface area contributed by atoms with E-state index in [0.29, 0.717) is 19.4 Å². The van der Waals surface area contributed by atoms with Gasteiger partial charge in [-0.15, -0.1) is 0 Å². The molecule has 0 aromatic heterocycles. The van der Waals surface area contributed by atoms with Crippen LogP contribution in [0.4, 0.5) is 0 Å². The zero-order valence-corrected chi connectivity index (χ0v) is 48.2. The Hall–Kier alpha value is -2.66. The molecule has 0 aromatic carbocycles. The highest BCUT2D eigenvalue weighted by molar-refractivity contribution is 5.70. The molecule has 72 heavy (non-hydrogen) atoms. The van der Waals surface area contributed by atoms with Gasteiger partial charge in [-0.3, -0.25) is 9.59 Å². The monoisotopic (exact) mass is 1000 g/mol. The van der Waals surface area contributed by atoms with Gasteiger partial charge in [-0.1, -0.05) is 286 Å². The summed E-state index contributed by atoms with van der Waals surface area (Å²) in [6, 6.07) is 0. The summed E-state index contributed by atoms with van der Waals surface area (Å²) in [5.74, 6) is -0.420. The van der Waals surface area contributed by atoms with Gasteiger partial charge < -0.3 is 14.2 Å². The van der Waals surface area contributed by atoms with Crippen molar-refractivity contribution >= 4 is 11.9 Å². The molecule has 0 aliphatic carbocycles. The first-order valence-corrected chi connectivity index (χ1v) is 31.5. The maximum absolute atomic E-state index is 12.9. The number of ether oxygens (including phenoxy) is 3. The molecule has 418 valence electrons. The number of carbonyl (C=O) groups is 2. The first-order valence-electron chi connectivity index (χ1n) is 31.5. The van der Waals surface area contributed by atoms with Crippen LogP contribution in [0.2, 0.25) is 0 Å². The van der Waals surface area contributed by atoms with Gasteiger partial charge in [0.2, 0.25) is 0 Å². The van der Waals surface area contributed by atoms with Crippen LogP contribution in [0.3, 0.4) is 0 Å². The molecule has 0 heterocycles. The molecule has 0 unspecified atom stereocenters. The van der Waals surface area contributed by atoms with E-state index in [-0.39, 0.29) is 25.2 Å². The van der Waals surface area contributed by atoms with Crippen molar-refractivity contribution in [2.24, 2.45) is 0 Å². The second kappa shape index (κ2) is 62.6. The van der Waals surface area contributed by atoms with Crippen molar-refractivity contribution in [3.63, 3.8) is 0 Å². The van der Waals surface area contributed by atoms with Crippen LogP contribution < -0.4 is 0 Å². The number of allylic oxidation sites excluding steroid dienone is 12. The quantitative estimate of drug-likeness (QED) is 0.0345. The minimum absolute atomic E-state index is 0.0694. The van der Waals surface area contributed by atoms with E-state index in [1.165, 1.54) is 199 Å². The van der Waals surface area contributed by atoms with E-state index < -0.39 is 6.10 Å². The topological polar surface area (TPSA) is 61.8 Å². The molecule has 0 N–H and O–H groups in total. The Labute approximate surface area is 448 Å². The van der Waals surface area contributed by atoms with Crippen LogP contribution in [0, 0.1) is 0 Å². The van der Waals surface area contributed by atoms with E-state index in [0.717, 1.165) is 83.5 Å². The molecule has 0 amide bonds. The maximum atomic E-state index is 12.9. The van der Waals surface area contributed by atoms with Crippen molar-refractivity contribution in [1.82, 2.24) is 0 Å². The van der Waals surface area contributed by atoms with E-state index >= 15 is 0 Å². The van der Waals surface area contributed by atoms with E-state index in [9.17, 15) is 9.59 Å². The fourth-order valence-electron chi connectivity index (χ4n) is 9.06. The Morgan fingerprint density at radius 2 is 0.625 bits per heavy atom. The normalized spacial score (nSPS) is 12.7. The number of unbranched alkanes of at least 4 members (excludes halogenated alkanes) is 35. The average molecular weight is 1010 g/mol. The average Bonchev–Trinajstić information content (AvgIpc) is 3.38.